The number of nitrogens with zero attached hydrogens (tertiary/aromatic N) is 5. The first-order valence-electron chi connectivity index (χ1n) is 6.49. The maximum absolute atomic E-state index is 5.73. The molecule has 2 heterocycles. The van der Waals surface area contributed by atoms with E-state index in [0.717, 1.165) is 0 Å². The monoisotopic (exact) mass is 259 g/mol. The molecule has 1 fully saturated rings. The van der Waals surface area contributed by atoms with Gasteiger partial charge in [0.2, 0.25) is 17.8 Å². The van der Waals surface area contributed by atoms with E-state index in [1.807, 2.05) is 0 Å². The predicted octanol–water partition coefficient (Wildman–Crippen LogP) is 1.24. The van der Waals surface area contributed by atoms with Gasteiger partial charge in [-0.3, -0.25) is 4.57 Å². The molecule has 1 atom stereocenters. The van der Waals surface area contributed by atoms with Crippen LogP contribution in [0, 0.1) is 5.92 Å². The molecule has 1 aliphatic carbocycles. The fourth-order valence-corrected chi connectivity index (χ4v) is 2.20. The van der Waals surface area contributed by atoms with Gasteiger partial charge in [-0.1, -0.05) is 6.42 Å². The summed E-state index contributed by atoms with van der Waals surface area (Å²) in [4.78, 5) is 16.6. The van der Waals surface area contributed by atoms with Gasteiger partial charge in [0.05, 0.1) is 0 Å². The lowest BCUT2D eigenvalue weighted by molar-refractivity contribution is 0.284. The fourth-order valence-electron chi connectivity index (χ4n) is 2.20. The van der Waals surface area contributed by atoms with E-state index in [1.165, 1.54) is 19.3 Å². The molecule has 0 spiro atoms. The Morgan fingerprint density at radius 2 is 2.21 bits per heavy atom. The number of aromatic nitrogens is 5. The van der Waals surface area contributed by atoms with Crippen LogP contribution in [-0.2, 0) is 0 Å². The predicted molar refractivity (Wildman–Crippen MR) is 71.8 cm³/mol. The van der Waals surface area contributed by atoms with E-state index < -0.39 is 0 Å². The molecule has 0 bridgehead atoms. The van der Waals surface area contributed by atoms with Crippen LogP contribution in [0.4, 0.5) is 11.9 Å². The first-order valence-corrected chi connectivity index (χ1v) is 6.49. The third kappa shape index (κ3) is 2.49. The number of hydrogen-bond acceptors (Lipinski definition) is 6. The van der Waals surface area contributed by atoms with Crippen molar-refractivity contribution in [2.45, 2.75) is 32.2 Å². The van der Waals surface area contributed by atoms with E-state index in [9.17, 15) is 0 Å². The van der Waals surface area contributed by atoms with Crippen LogP contribution < -0.4 is 11.1 Å². The molecule has 1 aliphatic rings. The molecule has 2 aromatic rings. The largest absolute Gasteiger partial charge is 0.368 e. The van der Waals surface area contributed by atoms with Crippen molar-refractivity contribution in [3.8, 4) is 5.95 Å². The molecule has 0 radical (unpaired) electrons. The van der Waals surface area contributed by atoms with Crippen molar-refractivity contribution in [2.75, 3.05) is 11.1 Å². The highest BCUT2D eigenvalue weighted by Gasteiger charge is 2.24. The number of rotatable bonds is 4. The lowest BCUT2D eigenvalue weighted by atomic mass is 9.80. The molecule has 7 nitrogen and oxygen atoms in total. The molecule has 0 aromatic carbocycles. The average molecular weight is 259 g/mol. The molecule has 100 valence electrons. The van der Waals surface area contributed by atoms with Crippen molar-refractivity contribution in [1.29, 1.82) is 0 Å². The van der Waals surface area contributed by atoms with Crippen LogP contribution in [0.1, 0.15) is 26.2 Å². The fraction of sp³-hybridized carbons (Fsp3) is 0.500. The molecular formula is C12H17N7. The highest BCUT2D eigenvalue weighted by Crippen LogP contribution is 2.30. The normalized spacial score (nSPS) is 16.9. The van der Waals surface area contributed by atoms with Gasteiger partial charge < -0.3 is 11.1 Å². The summed E-state index contributed by atoms with van der Waals surface area (Å²) in [7, 11) is 0. The van der Waals surface area contributed by atoms with E-state index in [1.54, 1.807) is 23.3 Å². The van der Waals surface area contributed by atoms with Crippen LogP contribution in [0.2, 0.25) is 0 Å². The summed E-state index contributed by atoms with van der Waals surface area (Å²) >= 11 is 0. The first kappa shape index (κ1) is 11.9. The Bertz CT molecular complexity index is 547. The SMILES string of the molecule is CC(Nc1nc(N)nc(-n2ccnc2)n1)C1CCC1. The number of nitrogens with one attached hydrogen (secondary N) is 1. The Morgan fingerprint density at radius 3 is 2.84 bits per heavy atom. The van der Waals surface area contributed by atoms with Crippen LogP contribution in [0.15, 0.2) is 18.7 Å². The van der Waals surface area contributed by atoms with E-state index in [0.29, 0.717) is 23.9 Å². The molecular weight excluding hydrogens is 242 g/mol. The average Bonchev–Trinajstić information content (AvgIpc) is 2.78. The van der Waals surface area contributed by atoms with E-state index in [-0.39, 0.29) is 5.95 Å². The third-order valence-corrected chi connectivity index (χ3v) is 3.59. The summed E-state index contributed by atoms with van der Waals surface area (Å²) in [6, 6.07) is 0.353. The summed E-state index contributed by atoms with van der Waals surface area (Å²) in [6.07, 6.45) is 8.93. The maximum atomic E-state index is 5.73. The zero-order chi connectivity index (χ0) is 13.2. The second-order valence-corrected chi connectivity index (χ2v) is 4.91. The zero-order valence-corrected chi connectivity index (χ0v) is 10.8. The minimum Gasteiger partial charge on any atom is -0.368 e. The van der Waals surface area contributed by atoms with E-state index in [4.69, 9.17) is 5.73 Å². The van der Waals surface area contributed by atoms with Crippen molar-refractivity contribution in [2.24, 2.45) is 5.92 Å². The lowest BCUT2D eigenvalue weighted by Crippen LogP contribution is -2.31. The molecule has 0 aliphatic heterocycles. The Hall–Kier alpha value is -2.18. The van der Waals surface area contributed by atoms with Crippen LogP contribution >= 0.6 is 0 Å². The van der Waals surface area contributed by atoms with Crippen molar-refractivity contribution < 1.29 is 0 Å². The van der Waals surface area contributed by atoms with Crippen LogP contribution in [-0.4, -0.2) is 30.5 Å². The summed E-state index contributed by atoms with van der Waals surface area (Å²) in [5, 5.41) is 3.31. The van der Waals surface area contributed by atoms with Crippen molar-refractivity contribution in [1.82, 2.24) is 24.5 Å². The van der Waals surface area contributed by atoms with Gasteiger partial charge in [-0.05, 0) is 25.7 Å². The minimum absolute atomic E-state index is 0.210. The van der Waals surface area contributed by atoms with Gasteiger partial charge >= 0.3 is 0 Å². The highest BCUT2D eigenvalue weighted by molar-refractivity contribution is 5.36. The molecule has 2 aromatic heterocycles. The zero-order valence-electron chi connectivity index (χ0n) is 10.8. The molecule has 3 N–H and O–H groups in total. The van der Waals surface area contributed by atoms with Crippen molar-refractivity contribution in [3.63, 3.8) is 0 Å². The van der Waals surface area contributed by atoms with Gasteiger partial charge in [-0.2, -0.15) is 15.0 Å². The van der Waals surface area contributed by atoms with Gasteiger partial charge in [0.1, 0.15) is 6.33 Å². The summed E-state index contributed by atoms with van der Waals surface area (Å²) in [6.45, 7) is 2.15. The van der Waals surface area contributed by atoms with Crippen LogP contribution in [0.5, 0.6) is 0 Å². The number of imidazole rings is 1. The maximum Gasteiger partial charge on any atom is 0.241 e. The van der Waals surface area contributed by atoms with Crippen LogP contribution in [0.3, 0.4) is 0 Å². The standard InChI is InChI=1S/C12H17N7/c1-8(9-3-2-4-9)15-11-16-10(13)17-12(18-11)19-6-5-14-7-19/h5-9H,2-4H2,1H3,(H3,13,15,16,17,18). The van der Waals surface area contributed by atoms with Gasteiger partial charge in [0.25, 0.3) is 0 Å². The number of nitrogens with two attached hydrogens (primary N) is 1. The number of anilines is 2. The second-order valence-electron chi connectivity index (χ2n) is 4.91. The van der Waals surface area contributed by atoms with Gasteiger partial charge in [0, 0.05) is 18.4 Å². The Morgan fingerprint density at radius 1 is 1.37 bits per heavy atom. The van der Waals surface area contributed by atoms with Crippen molar-refractivity contribution >= 4 is 11.9 Å². The van der Waals surface area contributed by atoms with Gasteiger partial charge in [0.15, 0.2) is 0 Å². The van der Waals surface area contributed by atoms with Gasteiger partial charge in [-0.25, -0.2) is 4.98 Å². The minimum atomic E-state index is 0.210. The van der Waals surface area contributed by atoms with Crippen LogP contribution in [0.25, 0.3) is 5.95 Å². The highest BCUT2D eigenvalue weighted by atomic mass is 15.3. The van der Waals surface area contributed by atoms with E-state index >= 15 is 0 Å². The number of hydrogen-bond donors (Lipinski definition) is 2. The lowest BCUT2D eigenvalue weighted by Gasteiger charge is -2.31. The Kier molecular flexibility index (Phi) is 3.02. The molecule has 3 rings (SSSR count). The summed E-state index contributed by atoms with van der Waals surface area (Å²) < 4.78 is 1.71. The van der Waals surface area contributed by atoms with Crippen molar-refractivity contribution in [3.05, 3.63) is 18.7 Å². The molecule has 0 amide bonds. The topological polar surface area (TPSA) is 94.5 Å². The molecule has 1 saturated carbocycles. The Balaban J connectivity index is 1.81. The molecule has 19 heavy (non-hydrogen) atoms. The quantitative estimate of drug-likeness (QED) is 0.857. The smallest absolute Gasteiger partial charge is 0.241 e. The third-order valence-electron chi connectivity index (χ3n) is 3.59. The molecule has 7 heteroatoms. The van der Waals surface area contributed by atoms with Gasteiger partial charge in [-0.15, -0.1) is 0 Å². The number of nitrogen functional groups attached to an aromatic ring is 1. The summed E-state index contributed by atoms with van der Waals surface area (Å²) in [5.74, 6) is 1.92. The molecule has 1 unspecified atom stereocenters. The molecule has 0 saturated heterocycles. The van der Waals surface area contributed by atoms with E-state index in [2.05, 4.69) is 32.2 Å². The second kappa shape index (κ2) is 4.83. The first-order chi connectivity index (χ1) is 9.22. The Labute approximate surface area is 111 Å². The summed E-state index contributed by atoms with van der Waals surface area (Å²) in [5.41, 5.74) is 5.73.